The van der Waals surface area contributed by atoms with E-state index in [0.29, 0.717) is 17.1 Å². The zero-order valence-electron chi connectivity index (χ0n) is 24.9. The lowest BCUT2D eigenvalue weighted by Crippen LogP contribution is -2.53. The zero-order valence-corrected chi connectivity index (χ0v) is 27.4. The number of ether oxygens (including phenoxy) is 2. The molecular formula is C28H34ClFN7O6PS. The molecule has 0 saturated carbocycles. The molecule has 0 spiro atoms. The molecule has 13 nitrogen and oxygen atoms in total. The molecule has 1 unspecified atom stereocenters. The van der Waals surface area contributed by atoms with E-state index in [-0.39, 0.29) is 17.7 Å². The van der Waals surface area contributed by atoms with Crippen LogP contribution in [-0.2, 0) is 30.6 Å². The molecule has 1 aliphatic rings. The summed E-state index contributed by atoms with van der Waals surface area (Å²) in [6.07, 6.45) is -0.668. The number of benzene rings is 2. The van der Waals surface area contributed by atoms with Gasteiger partial charge in [-0.25, -0.2) is 14.5 Å². The summed E-state index contributed by atoms with van der Waals surface area (Å²) in [6.45, 7) is 0.632. The number of aromatic nitrogens is 4. The van der Waals surface area contributed by atoms with Crippen LogP contribution >= 0.6 is 18.2 Å². The van der Waals surface area contributed by atoms with Gasteiger partial charge >= 0.3 is 12.6 Å². The number of alkyl halides is 2. The summed E-state index contributed by atoms with van der Waals surface area (Å²) in [5.41, 5.74) is 4.37. The molecule has 1 saturated heterocycles. The largest absolute Gasteiger partial charge is 0.462 e. The van der Waals surface area contributed by atoms with Crippen LogP contribution in [0.2, 0.25) is 0 Å². The number of nitrogens with one attached hydrogen (secondary N) is 2. The molecule has 45 heavy (non-hydrogen) atoms. The van der Waals surface area contributed by atoms with Crippen molar-refractivity contribution in [3.8, 4) is 5.75 Å². The maximum absolute atomic E-state index is 16.1. The number of imidazole rings is 1. The Balaban J connectivity index is 1.46. The van der Waals surface area contributed by atoms with Gasteiger partial charge < -0.3 is 34.7 Å². The zero-order chi connectivity index (χ0) is 32.6. The van der Waals surface area contributed by atoms with Gasteiger partial charge in [-0.05, 0) is 44.0 Å². The normalized spacial score (nSPS) is 23.7. The van der Waals surface area contributed by atoms with Crippen LogP contribution in [0.5, 0.6) is 5.75 Å². The Kier molecular flexibility index (Phi) is 9.53. The topological polar surface area (TPSA) is 168 Å². The van der Waals surface area contributed by atoms with Crippen molar-refractivity contribution in [1.82, 2.24) is 24.6 Å². The molecule has 17 heteroatoms. The van der Waals surface area contributed by atoms with Gasteiger partial charge in [0.05, 0.1) is 31.3 Å². The highest BCUT2D eigenvalue weighted by Crippen LogP contribution is 2.52. The van der Waals surface area contributed by atoms with Crippen LogP contribution in [0.15, 0.2) is 48.8 Å². The summed E-state index contributed by atoms with van der Waals surface area (Å²) in [5, 5.41) is 18.5. The van der Waals surface area contributed by atoms with Crippen molar-refractivity contribution in [2.45, 2.75) is 57.0 Å². The number of esters is 1. The van der Waals surface area contributed by atoms with E-state index in [1.54, 1.807) is 40.0 Å². The van der Waals surface area contributed by atoms with E-state index >= 15 is 4.39 Å². The van der Waals surface area contributed by atoms with Gasteiger partial charge in [-0.3, -0.25) is 9.36 Å². The average Bonchev–Trinajstić information content (AvgIpc) is 3.53. The lowest BCUT2D eigenvalue weighted by Gasteiger charge is -2.35. The molecule has 0 aliphatic carbocycles. The third kappa shape index (κ3) is 6.70. The first-order valence-corrected chi connectivity index (χ1v) is 17.2. The van der Waals surface area contributed by atoms with Gasteiger partial charge in [0.15, 0.2) is 22.6 Å². The van der Waals surface area contributed by atoms with E-state index in [4.69, 9.17) is 47.7 Å². The molecule has 2 aromatic carbocycles. The van der Waals surface area contributed by atoms with Crippen molar-refractivity contribution in [2.24, 2.45) is 0 Å². The monoisotopic (exact) mass is 681 g/mol. The molecule has 0 bridgehead atoms. The molecule has 1 fully saturated rings. The van der Waals surface area contributed by atoms with Gasteiger partial charge in [-0.15, -0.1) is 11.6 Å². The van der Waals surface area contributed by atoms with Gasteiger partial charge in [-0.2, -0.15) is 9.97 Å². The Morgan fingerprint density at radius 1 is 1.29 bits per heavy atom. The third-order valence-electron chi connectivity index (χ3n) is 7.20. The highest BCUT2D eigenvalue weighted by molar-refractivity contribution is 8.09. The Hall–Kier alpha value is -3.17. The molecule has 2 aromatic heterocycles. The number of hydrogen-bond donors (Lipinski definition) is 4. The van der Waals surface area contributed by atoms with Crippen LogP contribution in [0, 0.1) is 0 Å². The van der Waals surface area contributed by atoms with Gasteiger partial charge in [0.25, 0.3) is 0 Å². The maximum Gasteiger partial charge on any atom is 0.323 e. The predicted octanol–water partition coefficient (Wildman–Crippen LogP) is 4.41. The Morgan fingerprint density at radius 2 is 2.02 bits per heavy atom. The molecule has 5 atom stereocenters. The Morgan fingerprint density at radius 3 is 2.73 bits per heavy atom. The minimum Gasteiger partial charge on any atom is -0.462 e. The summed E-state index contributed by atoms with van der Waals surface area (Å²) < 4.78 is 41.4. The SMILES string of the molecule is CNc1nc(N)nc2c1ncn2[C@H]1C[C@@](O)(F)[C@@](CCl)(COP(=S)(N[C@@H](C)C(=O)OC(C)C)Oc2cccc3ccccc23)O1. The van der Waals surface area contributed by atoms with Gasteiger partial charge in [0, 0.05) is 12.4 Å². The number of nitrogen functional groups attached to an aromatic ring is 1. The number of carbonyl (C=O) groups is 1. The second-order valence-electron chi connectivity index (χ2n) is 10.8. The quantitative estimate of drug-likeness (QED) is 0.0944. The summed E-state index contributed by atoms with van der Waals surface area (Å²) in [7, 11) is 1.64. The molecule has 3 heterocycles. The summed E-state index contributed by atoms with van der Waals surface area (Å²) in [5.74, 6) is -3.43. The fourth-order valence-corrected chi connectivity index (χ4v) is 7.68. The number of nitrogens with zero attached hydrogens (tertiary/aromatic N) is 4. The first-order chi connectivity index (χ1) is 21.3. The average molecular weight is 682 g/mol. The van der Waals surface area contributed by atoms with Crippen molar-refractivity contribution in [3.63, 3.8) is 0 Å². The molecule has 0 amide bonds. The van der Waals surface area contributed by atoms with Crippen molar-refractivity contribution in [1.29, 1.82) is 0 Å². The lowest BCUT2D eigenvalue weighted by atomic mass is 9.97. The number of fused-ring (bicyclic) bond motifs is 2. The second kappa shape index (κ2) is 12.9. The maximum atomic E-state index is 16.1. The molecule has 5 rings (SSSR count). The van der Waals surface area contributed by atoms with Crippen LogP contribution in [0.4, 0.5) is 16.2 Å². The first-order valence-electron chi connectivity index (χ1n) is 14.0. The van der Waals surface area contributed by atoms with Gasteiger partial charge in [0.1, 0.15) is 18.0 Å². The Bertz CT molecular complexity index is 1760. The summed E-state index contributed by atoms with van der Waals surface area (Å²) in [6, 6.07) is 11.9. The number of carbonyl (C=O) groups excluding carboxylic acids is 1. The van der Waals surface area contributed by atoms with E-state index in [0.717, 1.165) is 10.8 Å². The number of aliphatic hydroxyl groups is 1. The van der Waals surface area contributed by atoms with Crippen LogP contribution in [0.3, 0.4) is 0 Å². The molecular weight excluding hydrogens is 648 g/mol. The predicted molar refractivity (Wildman–Crippen MR) is 172 cm³/mol. The number of halogens is 2. The smallest absolute Gasteiger partial charge is 0.323 e. The van der Waals surface area contributed by atoms with Gasteiger partial charge in [-0.1, -0.05) is 36.4 Å². The fraction of sp³-hybridized carbons (Fsp3) is 0.429. The fourth-order valence-electron chi connectivity index (χ4n) is 4.91. The van der Waals surface area contributed by atoms with E-state index < -0.39 is 55.2 Å². The van der Waals surface area contributed by atoms with Crippen LogP contribution in [-0.4, -0.2) is 73.7 Å². The second-order valence-corrected chi connectivity index (χ2v) is 14.2. The van der Waals surface area contributed by atoms with Crippen molar-refractivity contribution < 1.29 is 32.8 Å². The molecule has 242 valence electrons. The van der Waals surface area contributed by atoms with Gasteiger partial charge in [0.2, 0.25) is 11.8 Å². The minimum atomic E-state index is -3.70. The Labute approximate surface area is 268 Å². The molecule has 4 aromatic rings. The standard InChI is InChI=1S/C28H34ClFN7O6PS/c1-16(2)41-25(38)17(3)36-44(45,43-20-11-7-9-18-8-5-6-10-19(18)20)40-14-27(13-29)28(30,39)12-21(42-27)37-15-33-22-23(32-4)34-26(31)35-24(22)37/h5-11,15-17,21,39H,12-14H2,1-4H3,(H,36,45)(H3,31,32,34,35)/t17-,21+,27+,28-,44?/m0/s1. The van der Waals surface area contributed by atoms with Crippen molar-refractivity contribution in [2.75, 3.05) is 30.6 Å². The summed E-state index contributed by atoms with van der Waals surface area (Å²) in [4.78, 5) is 25.4. The van der Waals surface area contributed by atoms with Crippen molar-refractivity contribution in [3.05, 3.63) is 48.8 Å². The van der Waals surface area contributed by atoms with Crippen LogP contribution in [0.25, 0.3) is 21.9 Å². The number of anilines is 2. The number of nitrogens with two attached hydrogens (primary N) is 1. The number of rotatable bonds is 12. The molecule has 5 N–H and O–H groups in total. The number of hydrogen-bond acceptors (Lipinski definition) is 12. The van der Waals surface area contributed by atoms with E-state index in [2.05, 4.69) is 25.4 Å². The molecule has 1 aliphatic heterocycles. The third-order valence-corrected chi connectivity index (χ3v) is 10.1. The van der Waals surface area contributed by atoms with Crippen LogP contribution < -0.4 is 20.7 Å². The first kappa shape index (κ1) is 33.2. The van der Waals surface area contributed by atoms with Crippen LogP contribution in [0.1, 0.15) is 33.4 Å². The van der Waals surface area contributed by atoms with E-state index in [1.807, 2.05) is 30.3 Å². The highest BCUT2D eigenvalue weighted by Gasteiger charge is 2.61. The highest BCUT2D eigenvalue weighted by atomic mass is 35.5. The molecule has 0 radical (unpaired) electrons. The lowest BCUT2D eigenvalue weighted by molar-refractivity contribution is -0.203. The van der Waals surface area contributed by atoms with E-state index in [1.165, 1.54) is 10.9 Å². The van der Waals surface area contributed by atoms with E-state index in [9.17, 15) is 9.90 Å². The summed E-state index contributed by atoms with van der Waals surface area (Å²) >= 11 is 12.2. The minimum absolute atomic E-state index is 0.0449. The van der Waals surface area contributed by atoms with Crippen molar-refractivity contribution >= 4 is 69.7 Å².